The van der Waals surface area contributed by atoms with Crippen LogP contribution in [0.3, 0.4) is 0 Å². The van der Waals surface area contributed by atoms with Crippen LogP contribution in [0.15, 0.2) is 24.3 Å². The summed E-state index contributed by atoms with van der Waals surface area (Å²) in [5, 5.41) is 0.450. The fourth-order valence-corrected chi connectivity index (χ4v) is 7.69. The molecule has 306 valence electrons. The van der Waals surface area contributed by atoms with Crippen molar-refractivity contribution in [2.45, 2.75) is 225 Å². The minimum Gasteiger partial charge on any atom is -0.425 e. The molecule has 0 saturated carbocycles. The molecule has 0 spiro atoms. The van der Waals surface area contributed by atoms with Gasteiger partial charge in [-0.15, -0.1) is 0 Å². The number of hydrogen-bond donors (Lipinski definition) is 1. The van der Waals surface area contributed by atoms with Gasteiger partial charge in [-0.2, -0.15) is 0 Å². The van der Waals surface area contributed by atoms with Crippen molar-refractivity contribution in [2.24, 2.45) is 0 Å². The quantitative estimate of drug-likeness (QED) is 0.0530. The van der Waals surface area contributed by atoms with Gasteiger partial charge >= 0.3 is 8.60 Å². The number of benzene rings is 1. The van der Waals surface area contributed by atoms with Crippen molar-refractivity contribution in [1.82, 2.24) is 0 Å². The Hall–Kier alpha value is -0.420. The van der Waals surface area contributed by atoms with E-state index < -0.39 is 8.60 Å². The van der Waals surface area contributed by atoms with Crippen molar-refractivity contribution < 1.29 is 23.4 Å². The second-order valence-corrected chi connectivity index (χ2v) is 16.6. The van der Waals surface area contributed by atoms with E-state index >= 15 is 0 Å². The van der Waals surface area contributed by atoms with Gasteiger partial charge in [0.25, 0.3) is 0 Å². The van der Waals surface area contributed by atoms with Gasteiger partial charge in [-0.25, -0.2) is 0 Å². The van der Waals surface area contributed by atoms with Crippen molar-refractivity contribution in [1.29, 1.82) is 0 Å². The smallest absolute Gasteiger partial charge is 0.394 e. The molecule has 1 N–H and O–H groups in total. The summed E-state index contributed by atoms with van der Waals surface area (Å²) in [6.45, 7) is 6.69. The van der Waals surface area contributed by atoms with Crippen LogP contribution in [0, 0.1) is 0 Å². The fraction of sp³-hybridized carbons (Fsp3) is 0.867. The van der Waals surface area contributed by atoms with Gasteiger partial charge in [0.2, 0.25) is 0 Å². The Bertz CT molecular complexity index is 846. The number of para-hydroxylation sites is 1. The first-order valence-electron chi connectivity index (χ1n) is 22.4. The van der Waals surface area contributed by atoms with E-state index in [-0.39, 0.29) is 12.7 Å². The highest BCUT2D eigenvalue weighted by atomic mass is 35.5. The Morgan fingerprint density at radius 1 is 0.500 bits per heavy atom. The summed E-state index contributed by atoms with van der Waals surface area (Å²) in [6, 6.07) is 7.11. The first-order chi connectivity index (χ1) is 25.7. The van der Waals surface area contributed by atoms with E-state index in [4.69, 9.17) is 30.1 Å². The normalized spacial score (nSPS) is 12.8. The summed E-state index contributed by atoms with van der Waals surface area (Å²) in [6.07, 6.45) is 43.3. The third-order valence-electron chi connectivity index (χ3n) is 10.2. The highest BCUT2D eigenvalue weighted by Gasteiger charge is 2.17. The molecule has 0 aliphatic heterocycles. The second-order valence-electron chi connectivity index (χ2n) is 15.2. The molecule has 0 radical (unpaired) electrons. The van der Waals surface area contributed by atoms with Crippen molar-refractivity contribution in [3.63, 3.8) is 0 Å². The summed E-state index contributed by atoms with van der Waals surface area (Å²) in [5.74, 6) is 0.420. The Morgan fingerprint density at radius 3 is 1.27 bits per heavy atom. The molecule has 0 saturated heterocycles. The maximum absolute atomic E-state index is 10.4. The number of ether oxygens (including phenoxy) is 2. The van der Waals surface area contributed by atoms with Crippen molar-refractivity contribution in [3.05, 3.63) is 29.3 Å². The fourth-order valence-electron chi connectivity index (χ4n) is 6.79. The number of rotatable bonds is 42. The van der Waals surface area contributed by atoms with Gasteiger partial charge in [0.1, 0.15) is 11.9 Å². The first-order valence-corrected chi connectivity index (χ1v) is 23.9. The second kappa shape index (κ2) is 40.2. The van der Waals surface area contributed by atoms with E-state index in [1.807, 2.05) is 12.1 Å². The molecule has 1 aromatic carbocycles. The van der Waals surface area contributed by atoms with Gasteiger partial charge in [0.05, 0.1) is 18.2 Å². The maximum Gasteiger partial charge on any atom is 0.394 e. The predicted molar refractivity (Wildman–Crippen MR) is 227 cm³/mol. The van der Waals surface area contributed by atoms with Gasteiger partial charge in [-0.3, -0.25) is 4.52 Å². The topological polar surface area (TPSA) is 57.2 Å². The molecule has 0 heterocycles. The first kappa shape index (κ1) is 49.6. The summed E-state index contributed by atoms with van der Waals surface area (Å²) in [4.78, 5) is 10.4. The number of halogens is 1. The molecule has 52 heavy (non-hydrogen) atoms. The molecule has 0 fully saturated rings. The molecule has 1 rings (SSSR count). The summed E-state index contributed by atoms with van der Waals surface area (Å²) in [7, 11) is -2.11. The summed E-state index contributed by atoms with van der Waals surface area (Å²) in [5.41, 5.74) is 0. The molecular formula is C45H84ClO5P. The van der Waals surface area contributed by atoms with Crippen LogP contribution in [0.4, 0.5) is 0 Å². The van der Waals surface area contributed by atoms with E-state index in [0.717, 1.165) is 19.4 Å². The number of hydrogen-bond acceptors (Lipinski definition) is 5. The Kier molecular flexibility index (Phi) is 38.4. The van der Waals surface area contributed by atoms with E-state index in [9.17, 15) is 4.89 Å². The minimum atomic E-state index is -2.11. The maximum atomic E-state index is 10.4. The lowest BCUT2D eigenvalue weighted by molar-refractivity contribution is -0.0402. The summed E-state index contributed by atoms with van der Waals surface area (Å²) >= 11 is 6.18. The zero-order valence-corrected chi connectivity index (χ0v) is 35.9. The monoisotopic (exact) mass is 771 g/mol. The van der Waals surface area contributed by atoms with E-state index in [0.29, 0.717) is 24.0 Å². The average molecular weight is 772 g/mol. The van der Waals surface area contributed by atoms with Crippen LogP contribution in [-0.2, 0) is 14.0 Å². The Balaban J connectivity index is 2.11. The van der Waals surface area contributed by atoms with Crippen LogP contribution in [-0.4, -0.2) is 37.4 Å². The molecule has 7 heteroatoms. The average Bonchev–Trinajstić information content (AvgIpc) is 3.15. The standard InChI is InChI=1S/C45H84ClO5P/c1-3-5-7-9-11-13-15-17-19-21-23-25-27-29-31-35-39-48-41-43(42-50-52(47)51-45-38-34-33-37-44(45)46)49-40-36-32-30-28-26-24-22-20-18-16-14-12-10-8-6-4-2/h33-34,37-38,43,47H,3-32,35-36,39-42H2,1-2H3/t43-,52?/m0/s1. The van der Waals surface area contributed by atoms with Crippen LogP contribution in [0.2, 0.25) is 5.02 Å². The van der Waals surface area contributed by atoms with E-state index in [1.54, 1.807) is 12.1 Å². The summed E-state index contributed by atoms with van der Waals surface area (Å²) < 4.78 is 23.4. The zero-order valence-electron chi connectivity index (χ0n) is 34.2. The Labute approximate surface area is 329 Å². The molecule has 0 amide bonds. The van der Waals surface area contributed by atoms with Crippen LogP contribution >= 0.6 is 20.2 Å². The predicted octanol–water partition coefficient (Wildman–Crippen LogP) is 15.9. The third kappa shape index (κ3) is 34.1. The van der Waals surface area contributed by atoms with Crippen molar-refractivity contribution in [2.75, 3.05) is 26.4 Å². The molecule has 5 nitrogen and oxygen atoms in total. The molecule has 0 aliphatic carbocycles. The molecule has 0 aromatic heterocycles. The zero-order chi connectivity index (χ0) is 37.4. The van der Waals surface area contributed by atoms with Gasteiger partial charge in [-0.05, 0) is 25.0 Å². The highest BCUT2D eigenvalue weighted by Crippen LogP contribution is 2.38. The van der Waals surface area contributed by atoms with Crippen LogP contribution in [0.5, 0.6) is 5.75 Å². The van der Waals surface area contributed by atoms with Crippen LogP contribution < -0.4 is 4.52 Å². The molecule has 1 unspecified atom stereocenters. The van der Waals surface area contributed by atoms with Gasteiger partial charge < -0.3 is 18.9 Å². The lowest BCUT2D eigenvalue weighted by Gasteiger charge is -2.20. The van der Waals surface area contributed by atoms with Gasteiger partial charge in [-0.1, -0.05) is 230 Å². The van der Waals surface area contributed by atoms with Crippen molar-refractivity contribution in [3.8, 4) is 5.75 Å². The van der Waals surface area contributed by atoms with Gasteiger partial charge in [0.15, 0.2) is 0 Å². The largest absolute Gasteiger partial charge is 0.425 e. The van der Waals surface area contributed by atoms with Gasteiger partial charge in [0, 0.05) is 13.2 Å². The molecule has 2 atom stereocenters. The molecule has 1 aromatic rings. The van der Waals surface area contributed by atoms with Crippen LogP contribution in [0.25, 0.3) is 0 Å². The minimum absolute atomic E-state index is 0.227. The van der Waals surface area contributed by atoms with Crippen LogP contribution in [0.1, 0.15) is 219 Å². The SMILES string of the molecule is CCCCCCCCCCCCCCCCCCOC[C@@H](COP(O)Oc1ccccc1Cl)OCCCCCCCCCCCCCCCCCC. The number of unbranched alkanes of at least 4 members (excludes halogenated alkanes) is 30. The Morgan fingerprint density at radius 2 is 0.865 bits per heavy atom. The van der Waals surface area contributed by atoms with Crippen molar-refractivity contribution >= 4 is 20.2 Å². The van der Waals surface area contributed by atoms with E-state index in [2.05, 4.69) is 13.8 Å². The lowest BCUT2D eigenvalue weighted by Crippen LogP contribution is -2.26. The highest BCUT2D eigenvalue weighted by molar-refractivity contribution is 7.41. The molecule has 0 bridgehead atoms. The molecule has 0 aliphatic rings. The molecular weight excluding hydrogens is 687 g/mol. The van der Waals surface area contributed by atoms with E-state index in [1.165, 1.54) is 193 Å². The lowest BCUT2D eigenvalue weighted by atomic mass is 10.0. The third-order valence-corrected chi connectivity index (χ3v) is 11.2.